The zero-order valence-electron chi connectivity index (χ0n) is 12.0. The van der Waals surface area contributed by atoms with Crippen LogP contribution < -0.4 is 0 Å². The molecule has 4 nitrogen and oxygen atoms in total. The molecule has 1 saturated carbocycles. The van der Waals surface area contributed by atoms with Gasteiger partial charge in [-0.1, -0.05) is 26.0 Å². The number of rotatable bonds is 3. The van der Waals surface area contributed by atoms with Crippen molar-refractivity contribution in [1.82, 2.24) is 0 Å². The van der Waals surface area contributed by atoms with E-state index in [0.29, 0.717) is 6.42 Å². The Labute approximate surface area is 109 Å². The fourth-order valence-electron chi connectivity index (χ4n) is 3.40. The third-order valence-corrected chi connectivity index (χ3v) is 4.12. The van der Waals surface area contributed by atoms with Crippen LogP contribution in [0.4, 0.5) is 0 Å². The van der Waals surface area contributed by atoms with Crippen molar-refractivity contribution in [3.8, 4) is 0 Å². The molecule has 0 radical (unpaired) electrons. The van der Waals surface area contributed by atoms with E-state index in [4.69, 9.17) is 4.74 Å². The second kappa shape index (κ2) is 4.93. The first-order valence-electron chi connectivity index (χ1n) is 6.41. The zero-order valence-corrected chi connectivity index (χ0v) is 12.0. The molecule has 0 aromatic carbocycles. The number of aliphatic hydroxyl groups excluding tert-OH is 2. The summed E-state index contributed by atoms with van der Waals surface area (Å²) in [6.45, 7) is 7.24. The van der Waals surface area contributed by atoms with Crippen molar-refractivity contribution in [3.05, 3.63) is 12.2 Å². The summed E-state index contributed by atoms with van der Waals surface area (Å²) in [6.07, 6.45) is 3.02. The molecule has 106 valence electrons. The lowest BCUT2D eigenvalue weighted by Gasteiger charge is -2.57. The number of methoxy groups -OCH3 is 1. The van der Waals surface area contributed by atoms with E-state index in [9.17, 15) is 15.3 Å². The third kappa shape index (κ3) is 2.48. The summed E-state index contributed by atoms with van der Waals surface area (Å²) >= 11 is 0. The second-order valence-corrected chi connectivity index (χ2v) is 6.26. The van der Waals surface area contributed by atoms with Crippen LogP contribution in [-0.2, 0) is 4.74 Å². The molecule has 0 aromatic rings. The topological polar surface area (TPSA) is 69.9 Å². The highest BCUT2D eigenvalue weighted by molar-refractivity contribution is 5.22. The molecule has 0 amide bonds. The van der Waals surface area contributed by atoms with E-state index < -0.39 is 28.8 Å². The van der Waals surface area contributed by atoms with E-state index >= 15 is 0 Å². The molecule has 1 aliphatic carbocycles. The standard InChI is InChI=1S/C14H26O4/c1-10(15)6-7-14(18-5)12(2,3)8-11(16)9-13(14,4)17/h6-7,10-11,15-17H,8-9H2,1-5H3/b7-6+. The van der Waals surface area contributed by atoms with E-state index in [0.717, 1.165) is 0 Å². The first-order valence-corrected chi connectivity index (χ1v) is 6.41. The molecule has 0 aromatic heterocycles. The van der Waals surface area contributed by atoms with Crippen LogP contribution in [0.25, 0.3) is 0 Å². The smallest absolute Gasteiger partial charge is 0.119 e. The number of hydrogen-bond donors (Lipinski definition) is 3. The minimum atomic E-state index is -1.19. The highest BCUT2D eigenvalue weighted by Gasteiger charge is 2.60. The Morgan fingerprint density at radius 1 is 1.28 bits per heavy atom. The Balaban J connectivity index is 3.26. The Hall–Kier alpha value is -0.420. The molecule has 1 fully saturated rings. The number of hydrogen-bond acceptors (Lipinski definition) is 4. The Bertz CT molecular complexity index is 300. The van der Waals surface area contributed by atoms with Crippen LogP contribution in [0.15, 0.2) is 12.2 Å². The molecule has 3 N–H and O–H groups in total. The maximum absolute atomic E-state index is 10.7. The van der Waals surface area contributed by atoms with Gasteiger partial charge in [-0.25, -0.2) is 0 Å². The first-order chi connectivity index (χ1) is 8.08. The average molecular weight is 258 g/mol. The van der Waals surface area contributed by atoms with E-state index in [1.165, 1.54) is 0 Å². The average Bonchev–Trinajstić information content (AvgIpc) is 2.13. The van der Waals surface area contributed by atoms with E-state index in [2.05, 4.69) is 0 Å². The molecular formula is C14H26O4. The second-order valence-electron chi connectivity index (χ2n) is 6.26. The van der Waals surface area contributed by atoms with Crippen molar-refractivity contribution in [3.63, 3.8) is 0 Å². The molecule has 4 unspecified atom stereocenters. The van der Waals surface area contributed by atoms with Crippen molar-refractivity contribution in [2.75, 3.05) is 7.11 Å². The summed E-state index contributed by atoms with van der Waals surface area (Å²) in [6, 6.07) is 0. The van der Waals surface area contributed by atoms with Gasteiger partial charge in [0.05, 0.1) is 17.8 Å². The Kier molecular flexibility index (Phi) is 4.28. The molecule has 1 aliphatic rings. The van der Waals surface area contributed by atoms with Crippen LogP contribution in [0.2, 0.25) is 0 Å². The monoisotopic (exact) mass is 258 g/mol. The van der Waals surface area contributed by atoms with E-state index in [1.54, 1.807) is 33.1 Å². The molecule has 0 spiro atoms. The third-order valence-electron chi connectivity index (χ3n) is 4.12. The highest BCUT2D eigenvalue weighted by Crippen LogP contribution is 2.52. The van der Waals surface area contributed by atoms with Gasteiger partial charge in [0.25, 0.3) is 0 Å². The van der Waals surface area contributed by atoms with E-state index in [1.807, 2.05) is 13.8 Å². The minimum Gasteiger partial charge on any atom is -0.393 e. The molecule has 0 saturated heterocycles. The summed E-state index contributed by atoms with van der Waals surface area (Å²) in [7, 11) is 1.56. The van der Waals surface area contributed by atoms with Crippen molar-refractivity contribution >= 4 is 0 Å². The largest absolute Gasteiger partial charge is 0.393 e. The van der Waals surface area contributed by atoms with Crippen molar-refractivity contribution in [1.29, 1.82) is 0 Å². The van der Waals surface area contributed by atoms with Crippen molar-refractivity contribution in [2.24, 2.45) is 5.41 Å². The molecule has 0 heterocycles. The lowest BCUT2D eigenvalue weighted by Crippen LogP contribution is -2.66. The number of ether oxygens (including phenoxy) is 1. The highest BCUT2D eigenvalue weighted by atomic mass is 16.5. The quantitative estimate of drug-likeness (QED) is 0.666. The maximum Gasteiger partial charge on any atom is 0.119 e. The fourth-order valence-corrected chi connectivity index (χ4v) is 3.40. The SMILES string of the molecule is COC1(/C=C/C(C)O)C(C)(C)CC(O)CC1(C)O. The molecule has 1 rings (SSSR count). The zero-order chi connectivity index (χ0) is 14.2. The van der Waals surface area contributed by atoms with Crippen molar-refractivity contribution in [2.45, 2.75) is 63.9 Å². The molecule has 18 heavy (non-hydrogen) atoms. The van der Waals surface area contributed by atoms with Gasteiger partial charge in [-0.15, -0.1) is 0 Å². The molecule has 0 bridgehead atoms. The predicted octanol–water partition coefficient (Wildman–Crippen LogP) is 1.24. The van der Waals surface area contributed by atoms with Gasteiger partial charge in [0, 0.05) is 18.9 Å². The van der Waals surface area contributed by atoms with Crippen LogP contribution in [0.5, 0.6) is 0 Å². The van der Waals surface area contributed by atoms with E-state index in [-0.39, 0.29) is 6.42 Å². The van der Waals surface area contributed by atoms with Crippen LogP contribution >= 0.6 is 0 Å². The van der Waals surface area contributed by atoms with Gasteiger partial charge in [-0.3, -0.25) is 0 Å². The summed E-state index contributed by atoms with van der Waals surface area (Å²) < 4.78 is 5.65. The normalized spacial score (nSPS) is 42.1. The summed E-state index contributed by atoms with van der Waals surface area (Å²) in [4.78, 5) is 0. The molecule has 4 heteroatoms. The van der Waals surface area contributed by atoms with Crippen LogP contribution in [0.3, 0.4) is 0 Å². The fraction of sp³-hybridized carbons (Fsp3) is 0.857. The van der Waals surface area contributed by atoms with Gasteiger partial charge in [-0.2, -0.15) is 0 Å². The van der Waals surface area contributed by atoms with Gasteiger partial charge in [-0.05, 0) is 20.3 Å². The Morgan fingerprint density at radius 2 is 1.83 bits per heavy atom. The summed E-state index contributed by atoms with van der Waals surface area (Å²) in [5, 5.41) is 30.0. The minimum absolute atomic E-state index is 0.258. The lowest BCUT2D eigenvalue weighted by atomic mass is 9.57. The summed E-state index contributed by atoms with van der Waals surface area (Å²) in [5.41, 5.74) is -2.54. The maximum atomic E-state index is 10.7. The van der Waals surface area contributed by atoms with Crippen LogP contribution in [-0.4, -0.2) is 45.8 Å². The van der Waals surface area contributed by atoms with Crippen LogP contribution in [0, 0.1) is 5.41 Å². The Morgan fingerprint density at radius 3 is 2.22 bits per heavy atom. The molecule has 4 atom stereocenters. The van der Waals surface area contributed by atoms with Gasteiger partial charge in [0.15, 0.2) is 0 Å². The number of aliphatic hydroxyl groups is 3. The van der Waals surface area contributed by atoms with Gasteiger partial charge >= 0.3 is 0 Å². The van der Waals surface area contributed by atoms with Gasteiger partial charge < -0.3 is 20.1 Å². The lowest BCUT2D eigenvalue weighted by molar-refractivity contribution is -0.230. The molecule has 0 aliphatic heterocycles. The molecular weight excluding hydrogens is 232 g/mol. The van der Waals surface area contributed by atoms with Gasteiger partial charge in [0.2, 0.25) is 0 Å². The summed E-state index contributed by atoms with van der Waals surface area (Å²) in [5.74, 6) is 0. The first kappa shape index (κ1) is 15.6. The van der Waals surface area contributed by atoms with Crippen molar-refractivity contribution < 1.29 is 20.1 Å². The van der Waals surface area contributed by atoms with Gasteiger partial charge in [0.1, 0.15) is 5.60 Å². The predicted molar refractivity (Wildman–Crippen MR) is 70.2 cm³/mol. The van der Waals surface area contributed by atoms with Crippen LogP contribution in [0.1, 0.15) is 40.5 Å².